The highest BCUT2D eigenvalue weighted by molar-refractivity contribution is 8.06. The van der Waals surface area contributed by atoms with Crippen molar-refractivity contribution in [3.63, 3.8) is 0 Å². The van der Waals surface area contributed by atoms with Gasteiger partial charge in [0.15, 0.2) is 6.23 Å². The van der Waals surface area contributed by atoms with Gasteiger partial charge in [0.25, 0.3) is 5.56 Å². The monoisotopic (exact) mass is 477 g/mol. The molecule has 1 saturated heterocycles. The Morgan fingerprint density at radius 3 is 2.62 bits per heavy atom. The Hall–Kier alpha value is -0.760. The van der Waals surface area contributed by atoms with Crippen molar-refractivity contribution in [2.24, 2.45) is 0 Å². The van der Waals surface area contributed by atoms with Crippen LogP contribution in [0.25, 0.3) is 0 Å². The van der Waals surface area contributed by atoms with Crippen LogP contribution >= 0.6 is 14.5 Å². The average Bonchev–Trinajstić information content (AvgIpc) is 2.89. The molecule has 0 saturated carbocycles. The predicted octanol–water partition coefficient (Wildman–Crippen LogP) is -1.05. The average molecular weight is 477 g/mol. The van der Waals surface area contributed by atoms with Gasteiger partial charge in [-0.3, -0.25) is 18.9 Å². The van der Waals surface area contributed by atoms with E-state index in [1.807, 2.05) is 4.98 Å². The number of H-pyrrole nitrogens is 1. The van der Waals surface area contributed by atoms with Crippen molar-refractivity contribution < 1.29 is 45.0 Å². The zero-order valence-electron chi connectivity index (χ0n) is 17.4. The lowest BCUT2D eigenvalue weighted by Gasteiger charge is -2.35. The van der Waals surface area contributed by atoms with E-state index in [2.05, 4.69) is 4.52 Å². The van der Waals surface area contributed by atoms with Crippen LogP contribution in [0.15, 0.2) is 21.9 Å². The van der Waals surface area contributed by atoms with Crippen LogP contribution in [-0.2, 0) is 39.4 Å². The van der Waals surface area contributed by atoms with Gasteiger partial charge in [-0.1, -0.05) is 11.8 Å². The van der Waals surface area contributed by atoms with Crippen LogP contribution in [0.2, 0.25) is 0 Å². The smallest absolute Gasteiger partial charge is 0.469 e. The van der Waals surface area contributed by atoms with Gasteiger partial charge in [0.1, 0.15) is 25.0 Å². The standard InChI is InChI=1S/C13H22N2O11P2S/c1-7(2)25-28(21,29)26-10-8(6-23-27(18,19)20)24-12(11(10)22-3)15-5-4-9(16)14-13(15)17/h4-5,7-8,10-12H,6H2,1-3H3,(H,21,29)(H,14,16,17)(H2,18,19,20)/p-1/t8-,10+,11?,12-,28?/m1/s1/i6D2. The van der Waals surface area contributed by atoms with Gasteiger partial charge in [0.2, 0.25) is 0 Å². The molecule has 5 atom stereocenters. The first-order valence-electron chi connectivity index (χ1n) is 9.00. The molecular formula is C13H21N2O11P2S-. The Morgan fingerprint density at radius 1 is 1.45 bits per heavy atom. The van der Waals surface area contributed by atoms with E-state index in [1.165, 1.54) is 13.8 Å². The summed E-state index contributed by atoms with van der Waals surface area (Å²) in [6.07, 6.45) is -6.22. The molecule has 29 heavy (non-hydrogen) atoms. The summed E-state index contributed by atoms with van der Waals surface area (Å²) >= 11 is 4.81. The van der Waals surface area contributed by atoms with Gasteiger partial charge in [-0.15, -0.1) is 0 Å². The summed E-state index contributed by atoms with van der Waals surface area (Å²) in [7, 11) is -4.24. The zero-order valence-corrected chi connectivity index (χ0v) is 18.0. The molecule has 0 radical (unpaired) electrons. The van der Waals surface area contributed by atoms with E-state index in [1.54, 1.807) is 0 Å². The summed E-state index contributed by atoms with van der Waals surface area (Å²) in [5.41, 5.74) is -1.69. The van der Waals surface area contributed by atoms with Crippen LogP contribution in [0.5, 0.6) is 0 Å². The second-order valence-electron chi connectivity index (χ2n) is 6.04. The molecule has 2 heterocycles. The number of phosphoric ester groups is 1. The van der Waals surface area contributed by atoms with E-state index in [0.717, 1.165) is 23.9 Å². The minimum absolute atomic E-state index is 0.647. The number of phosphoric acid groups is 1. The Bertz CT molecular complexity index is 996. The lowest BCUT2D eigenvalue weighted by Crippen LogP contribution is -2.40. The van der Waals surface area contributed by atoms with Crippen molar-refractivity contribution in [2.75, 3.05) is 13.7 Å². The van der Waals surface area contributed by atoms with Gasteiger partial charge in [-0.2, -0.15) is 0 Å². The summed E-state index contributed by atoms with van der Waals surface area (Å²) in [5, 5.41) is 0. The van der Waals surface area contributed by atoms with Gasteiger partial charge in [0.05, 0.1) is 15.4 Å². The van der Waals surface area contributed by atoms with Gasteiger partial charge in [-0.25, -0.2) is 9.36 Å². The maximum absolute atomic E-state index is 12.6. The van der Waals surface area contributed by atoms with Crippen LogP contribution in [0.3, 0.4) is 0 Å². The fourth-order valence-electron chi connectivity index (χ4n) is 2.50. The molecule has 2 rings (SSSR count). The SMILES string of the molecule is [2H]C([2H])(OP(=O)(O)O)[C@H]1O[C@@H](n2ccc(=O)[nH]c2=O)C(OC)[C@H]1OP([O-])(=S)OC(C)C. The molecule has 0 aromatic carbocycles. The van der Waals surface area contributed by atoms with Gasteiger partial charge in [0, 0.05) is 19.4 Å². The molecule has 13 nitrogen and oxygen atoms in total. The second kappa shape index (κ2) is 9.58. The van der Waals surface area contributed by atoms with Crippen molar-refractivity contribution in [1.82, 2.24) is 9.55 Å². The number of hydrogen-bond donors (Lipinski definition) is 3. The predicted molar refractivity (Wildman–Crippen MR) is 99.4 cm³/mol. The maximum atomic E-state index is 12.6. The van der Waals surface area contributed by atoms with E-state index in [-0.39, 0.29) is 0 Å². The molecule has 3 N–H and O–H groups in total. The number of rotatable bonds is 9. The fourth-order valence-corrected chi connectivity index (χ4v) is 4.66. The summed E-state index contributed by atoms with van der Waals surface area (Å²) in [6.45, 7) is -4.49. The molecule has 0 aliphatic carbocycles. The van der Waals surface area contributed by atoms with Gasteiger partial charge in [-0.05, 0) is 13.8 Å². The molecule has 0 amide bonds. The molecule has 0 bridgehead atoms. The molecule has 0 spiro atoms. The Labute approximate surface area is 172 Å². The normalized spacial score (nSPS) is 28.8. The van der Waals surface area contributed by atoms with Crippen LogP contribution in [0, 0.1) is 0 Å². The highest BCUT2D eigenvalue weighted by atomic mass is 32.5. The quantitative estimate of drug-likeness (QED) is 0.368. The summed E-state index contributed by atoms with van der Waals surface area (Å²) < 4.78 is 53.2. The van der Waals surface area contributed by atoms with E-state index < -0.39 is 63.0 Å². The van der Waals surface area contributed by atoms with Crippen LogP contribution in [-0.4, -0.2) is 57.4 Å². The molecular weight excluding hydrogens is 454 g/mol. The lowest BCUT2D eigenvalue weighted by molar-refractivity contribution is -0.218. The summed E-state index contributed by atoms with van der Waals surface area (Å²) in [4.78, 5) is 56.2. The van der Waals surface area contributed by atoms with E-state index >= 15 is 0 Å². The highest BCUT2D eigenvalue weighted by Crippen LogP contribution is 2.47. The number of aromatic nitrogens is 2. The number of nitrogens with one attached hydrogen (secondary N) is 1. The minimum atomic E-state index is -5.37. The molecule has 2 unspecified atom stereocenters. The summed E-state index contributed by atoms with van der Waals surface area (Å²) in [6, 6.07) is 0.974. The fraction of sp³-hybridized carbons (Fsp3) is 0.692. The number of nitrogens with zero attached hydrogens (tertiary/aromatic N) is 1. The Morgan fingerprint density at radius 2 is 2.10 bits per heavy atom. The topological polar surface area (TPSA) is 182 Å². The molecule has 1 aromatic rings. The third-order valence-electron chi connectivity index (χ3n) is 3.47. The first-order chi connectivity index (χ1) is 14.1. The van der Waals surface area contributed by atoms with E-state index in [0.29, 0.717) is 0 Å². The largest absolute Gasteiger partial charge is 0.780 e. The van der Waals surface area contributed by atoms with Crippen molar-refractivity contribution in [3.8, 4) is 0 Å². The van der Waals surface area contributed by atoms with Crippen LogP contribution < -0.4 is 16.1 Å². The number of aromatic amines is 1. The first-order valence-corrected chi connectivity index (χ1v) is 12.1. The van der Waals surface area contributed by atoms with Crippen molar-refractivity contribution in [2.45, 2.75) is 44.5 Å². The third kappa shape index (κ3) is 6.88. The Balaban J connectivity index is 2.53. The molecule has 166 valence electrons. The van der Waals surface area contributed by atoms with Gasteiger partial charge >= 0.3 is 13.5 Å². The summed E-state index contributed by atoms with van der Waals surface area (Å²) in [5.74, 6) is 0. The number of ether oxygens (including phenoxy) is 2. The molecule has 1 aliphatic rings. The Kier molecular flexibility index (Phi) is 7.10. The van der Waals surface area contributed by atoms with Gasteiger partial charge < -0.3 is 33.2 Å². The highest BCUT2D eigenvalue weighted by Gasteiger charge is 2.49. The first kappa shape index (κ1) is 21.5. The third-order valence-corrected chi connectivity index (χ3v) is 5.51. The van der Waals surface area contributed by atoms with Crippen LogP contribution in [0.1, 0.15) is 22.8 Å². The second-order valence-corrected chi connectivity index (χ2v) is 9.86. The lowest BCUT2D eigenvalue weighted by atomic mass is 10.1. The molecule has 1 fully saturated rings. The molecule has 1 aliphatic heterocycles. The van der Waals surface area contributed by atoms with Crippen molar-refractivity contribution in [1.29, 1.82) is 0 Å². The number of methoxy groups -OCH3 is 1. The van der Waals surface area contributed by atoms with Crippen LogP contribution in [0.4, 0.5) is 0 Å². The molecule has 16 heteroatoms. The van der Waals surface area contributed by atoms with Crippen molar-refractivity contribution in [3.05, 3.63) is 33.1 Å². The minimum Gasteiger partial charge on any atom is -0.780 e. The van der Waals surface area contributed by atoms with Crippen molar-refractivity contribution >= 4 is 26.3 Å². The van der Waals surface area contributed by atoms with E-state index in [9.17, 15) is 19.0 Å². The van der Waals surface area contributed by atoms with E-state index in [4.69, 9.17) is 42.9 Å². The number of hydrogen-bond acceptors (Lipinski definition) is 10. The zero-order chi connectivity index (χ0) is 23.8. The maximum Gasteiger partial charge on any atom is 0.469 e. The molecule has 1 aromatic heterocycles.